The quantitative estimate of drug-likeness (QED) is 0.793. The molecule has 1 amide bonds. The molecule has 0 fully saturated rings. The van der Waals surface area contributed by atoms with E-state index < -0.39 is 12.1 Å². The molecule has 1 aliphatic heterocycles. The summed E-state index contributed by atoms with van der Waals surface area (Å²) in [5.41, 5.74) is 2.02. The number of nitrogens with zero attached hydrogens (tertiary/aromatic N) is 1. The first-order valence-electron chi connectivity index (χ1n) is 7.11. The van der Waals surface area contributed by atoms with Gasteiger partial charge in [-0.25, -0.2) is 0 Å². The van der Waals surface area contributed by atoms with Crippen molar-refractivity contribution < 1.29 is 19.1 Å². The van der Waals surface area contributed by atoms with E-state index in [1.54, 1.807) is 0 Å². The highest BCUT2D eigenvalue weighted by molar-refractivity contribution is 5.86. The summed E-state index contributed by atoms with van der Waals surface area (Å²) in [4.78, 5) is 25.7. The van der Waals surface area contributed by atoms with Crippen LogP contribution < -0.4 is 0 Å². The third kappa shape index (κ3) is 3.42. The van der Waals surface area contributed by atoms with E-state index >= 15 is 0 Å². The second-order valence-corrected chi connectivity index (χ2v) is 5.34. The van der Waals surface area contributed by atoms with E-state index in [9.17, 15) is 9.59 Å². The summed E-state index contributed by atoms with van der Waals surface area (Å²) >= 11 is 0. The minimum absolute atomic E-state index is 0.0605. The SMILES string of the molecule is COC(=O)CN(C(=O)C1OCCc2ccccc21)C(C)C. The number of carbonyl (C=O) groups excluding carboxylic acids is 2. The van der Waals surface area contributed by atoms with Crippen LogP contribution in [0.15, 0.2) is 24.3 Å². The van der Waals surface area contributed by atoms with Crippen LogP contribution in [0.25, 0.3) is 0 Å². The third-order valence-electron chi connectivity index (χ3n) is 3.65. The Morgan fingerprint density at radius 1 is 1.38 bits per heavy atom. The van der Waals surface area contributed by atoms with Gasteiger partial charge in [-0.3, -0.25) is 9.59 Å². The van der Waals surface area contributed by atoms with Crippen LogP contribution in [0.2, 0.25) is 0 Å². The lowest BCUT2D eigenvalue weighted by Gasteiger charge is -2.32. The molecule has 0 N–H and O–H groups in total. The van der Waals surface area contributed by atoms with Gasteiger partial charge in [-0.05, 0) is 31.4 Å². The highest BCUT2D eigenvalue weighted by Gasteiger charge is 2.33. The van der Waals surface area contributed by atoms with Gasteiger partial charge in [0.1, 0.15) is 6.54 Å². The van der Waals surface area contributed by atoms with Crippen LogP contribution in [0.1, 0.15) is 31.1 Å². The Morgan fingerprint density at radius 3 is 2.76 bits per heavy atom. The predicted octanol–water partition coefficient (Wildman–Crippen LogP) is 1.71. The Bertz CT molecular complexity index is 527. The van der Waals surface area contributed by atoms with Gasteiger partial charge in [0.15, 0.2) is 6.10 Å². The Morgan fingerprint density at radius 2 is 2.10 bits per heavy atom. The van der Waals surface area contributed by atoms with Crippen LogP contribution in [0.3, 0.4) is 0 Å². The summed E-state index contributed by atoms with van der Waals surface area (Å²) in [7, 11) is 1.32. The number of carbonyl (C=O) groups is 2. The van der Waals surface area contributed by atoms with Gasteiger partial charge < -0.3 is 14.4 Å². The Balaban J connectivity index is 2.24. The van der Waals surface area contributed by atoms with Gasteiger partial charge >= 0.3 is 5.97 Å². The second kappa shape index (κ2) is 6.72. The van der Waals surface area contributed by atoms with E-state index in [2.05, 4.69) is 4.74 Å². The van der Waals surface area contributed by atoms with Crippen LogP contribution in [-0.2, 0) is 25.5 Å². The van der Waals surface area contributed by atoms with Gasteiger partial charge in [0.2, 0.25) is 0 Å². The van der Waals surface area contributed by atoms with Crippen molar-refractivity contribution in [3.8, 4) is 0 Å². The molecular formula is C16H21NO4. The highest BCUT2D eigenvalue weighted by atomic mass is 16.5. The number of amides is 1. The van der Waals surface area contributed by atoms with Crippen molar-refractivity contribution in [2.45, 2.75) is 32.4 Å². The van der Waals surface area contributed by atoms with E-state index in [0.29, 0.717) is 6.61 Å². The molecule has 1 atom stereocenters. The maximum absolute atomic E-state index is 12.7. The smallest absolute Gasteiger partial charge is 0.325 e. The zero-order chi connectivity index (χ0) is 15.4. The number of benzene rings is 1. The van der Waals surface area contributed by atoms with Crippen LogP contribution in [0.5, 0.6) is 0 Å². The Kier molecular flexibility index (Phi) is 4.96. The molecule has 0 bridgehead atoms. The average molecular weight is 291 g/mol. The molecule has 5 heteroatoms. The van der Waals surface area contributed by atoms with E-state index in [4.69, 9.17) is 4.74 Å². The van der Waals surface area contributed by atoms with Crippen LogP contribution >= 0.6 is 0 Å². The van der Waals surface area contributed by atoms with Gasteiger partial charge in [0.05, 0.1) is 13.7 Å². The molecule has 21 heavy (non-hydrogen) atoms. The van der Waals surface area contributed by atoms with E-state index in [-0.39, 0.29) is 18.5 Å². The lowest BCUT2D eigenvalue weighted by molar-refractivity contribution is -0.154. The van der Waals surface area contributed by atoms with Crippen LogP contribution in [0, 0.1) is 0 Å². The molecular weight excluding hydrogens is 270 g/mol. The topological polar surface area (TPSA) is 55.8 Å². The molecule has 0 saturated heterocycles. The molecule has 0 aliphatic carbocycles. The number of ether oxygens (including phenoxy) is 2. The standard InChI is InChI=1S/C16H21NO4/c1-11(2)17(10-14(18)20-3)16(19)15-13-7-5-4-6-12(13)8-9-21-15/h4-7,11,15H,8-10H2,1-3H3. The summed E-state index contributed by atoms with van der Waals surface area (Å²) in [5.74, 6) is -0.622. The number of methoxy groups -OCH3 is 1. The fraction of sp³-hybridized carbons (Fsp3) is 0.500. The molecule has 0 saturated carbocycles. The molecule has 1 aromatic rings. The van der Waals surface area contributed by atoms with Crippen molar-refractivity contribution >= 4 is 11.9 Å². The molecule has 114 valence electrons. The van der Waals surface area contributed by atoms with Gasteiger partial charge in [-0.1, -0.05) is 24.3 Å². The molecule has 0 spiro atoms. The fourth-order valence-electron chi connectivity index (χ4n) is 2.47. The summed E-state index contributed by atoms with van der Waals surface area (Å²) in [5, 5.41) is 0. The lowest BCUT2D eigenvalue weighted by Crippen LogP contribution is -2.45. The maximum Gasteiger partial charge on any atom is 0.325 e. The molecule has 1 aromatic carbocycles. The highest BCUT2D eigenvalue weighted by Crippen LogP contribution is 2.29. The van der Waals surface area contributed by atoms with Gasteiger partial charge in [0, 0.05) is 6.04 Å². The zero-order valence-corrected chi connectivity index (χ0v) is 12.7. The Hall–Kier alpha value is -1.88. The van der Waals surface area contributed by atoms with Crippen LogP contribution in [-0.4, -0.2) is 43.1 Å². The first-order valence-corrected chi connectivity index (χ1v) is 7.11. The molecule has 1 aliphatic rings. The second-order valence-electron chi connectivity index (χ2n) is 5.34. The van der Waals surface area contributed by atoms with E-state index in [0.717, 1.165) is 17.5 Å². The Labute approximate surface area is 124 Å². The monoisotopic (exact) mass is 291 g/mol. The lowest BCUT2D eigenvalue weighted by atomic mass is 9.96. The average Bonchev–Trinajstić information content (AvgIpc) is 2.50. The van der Waals surface area contributed by atoms with Crippen molar-refractivity contribution in [2.75, 3.05) is 20.3 Å². The molecule has 1 heterocycles. The number of hydrogen-bond donors (Lipinski definition) is 0. The molecule has 5 nitrogen and oxygen atoms in total. The predicted molar refractivity (Wildman–Crippen MR) is 77.7 cm³/mol. The number of hydrogen-bond acceptors (Lipinski definition) is 4. The normalized spacial score (nSPS) is 17.2. The van der Waals surface area contributed by atoms with Crippen molar-refractivity contribution in [1.29, 1.82) is 0 Å². The molecule has 0 radical (unpaired) electrons. The van der Waals surface area contributed by atoms with E-state index in [1.807, 2.05) is 38.1 Å². The van der Waals surface area contributed by atoms with Crippen molar-refractivity contribution in [1.82, 2.24) is 4.90 Å². The van der Waals surface area contributed by atoms with Gasteiger partial charge in [0.25, 0.3) is 5.91 Å². The summed E-state index contributed by atoms with van der Waals surface area (Å²) in [6, 6.07) is 7.68. The molecule has 0 aromatic heterocycles. The third-order valence-corrected chi connectivity index (χ3v) is 3.65. The molecule has 2 rings (SSSR count). The minimum Gasteiger partial charge on any atom is -0.468 e. The number of rotatable bonds is 4. The number of fused-ring (bicyclic) bond motifs is 1. The van der Waals surface area contributed by atoms with Gasteiger partial charge in [-0.2, -0.15) is 0 Å². The van der Waals surface area contributed by atoms with Crippen molar-refractivity contribution in [2.24, 2.45) is 0 Å². The van der Waals surface area contributed by atoms with Crippen molar-refractivity contribution in [3.63, 3.8) is 0 Å². The largest absolute Gasteiger partial charge is 0.468 e. The summed E-state index contributed by atoms with van der Waals surface area (Å²) in [6.07, 6.45) is 0.167. The minimum atomic E-state index is -0.637. The van der Waals surface area contributed by atoms with Gasteiger partial charge in [-0.15, -0.1) is 0 Å². The first-order chi connectivity index (χ1) is 10.0. The zero-order valence-electron chi connectivity index (χ0n) is 12.7. The van der Waals surface area contributed by atoms with Crippen LogP contribution in [0.4, 0.5) is 0 Å². The maximum atomic E-state index is 12.7. The van der Waals surface area contributed by atoms with Crippen molar-refractivity contribution in [3.05, 3.63) is 35.4 Å². The summed E-state index contributed by atoms with van der Waals surface area (Å²) in [6.45, 7) is 4.19. The summed E-state index contributed by atoms with van der Waals surface area (Å²) < 4.78 is 10.3. The number of esters is 1. The first kappa shape index (κ1) is 15.5. The van der Waals surface area contributed by atoms with E-state index in [1.165, 1.54) is 12.0 Å². The fourth-order valence-corrected chi connectivity index (χ4v) is 2.47. The molecule has 1 unspecified atom stereocenters.